The molecule has 0 bridgehead atoms. The molecule has 128 valence electrons. The molecule has 25 heavy (non-hydrogen) atoms. The maximum atomic E-state index is 4.82. The molecule has 3 nitrogen and oxygen atoms in total. The second-order valence-corrected chi connectivity index (χ2v) is 7.43. The average Bonchev–Trinajstić information content (AvgIpc) is 3.12. The minimum absolute atomic E-state index is 0.0864. The molecule has 3 heteroatoms. The fourth-order valence-corrected chi connectivity index (χ4v) is 3.94. The summed E-state index contributed by atoms with van der Waals surface area (Å²) in [5.41, 5.74) is 6.36. The van der Waals surface area contributed by atoms with Crippen LogP contribution in [0, 0.1) is 5.92 Å². The summed E-state index contributed by atoms with van der Waals surface area (Å²) in [6.07, 6.45) is 5.49. The van der Waals surface area contributed by atoms with Crippen LogP contribution >= 0.6 is 0 Å². The molecule has 0 amide bonds. The fourth-order valence-electron chi connectivity index (χ4n) is 3.94. The number of aliphatic imine (C=N–C) groups is 2. The van der Waals surface area contributed by atoms with Crippen molar-refractivity contribution in [2.45, 2.75) is 25.4 Å². The Hall–Kier alpha value is -2.26. The molecule has 2 aliphatic rings. The van der Waals surface area contributed by atoms with E-state index in [0.29, 0.717) is 0 Å². The van der Waals surface area contributed by atoms with Gasteiger partial charge in [-0.2, -0.15) is 0 Å². The average molecular weight is 331 g/mol. The molecule has 0 fully saturated rings. The van der Waals surface area contributed by atoms with Crippen LogP contribution in [-0.4, -0.2) is 37.5 Å². The van der Waals surface area contributed by atoms with Crippen molar-refractivity contribution < 1.29 is 0 Å². The largest absolute Gasteiger partial charge is 0.309 e. The van der Waals surface area contributed by atoms with E-state index in [9.17, 15) is 0 Å². The van der Waals surface area contributed by atoms with Gasteiger partial charge in [-0.3, -0.25) is 9.98 Å². The predicted octanol–water partition coefficient (Wildman–Crippen LogP) is 3.93. The van der Waals surface area contributed by atoms with Crippen LogP contribution in [-0.2, 0) is 12.8 Å². The van der Waals surface area contributed by atoms with Gasteiger partial charge in [0, 0.05) is 12.1 Å². The molecule has 4 rings (SSSR count). The van der Waals surface area contributed by atoms with E-state index in [2.05, 4.69) is 54.3 Å². The van der Waals surface area contributed by atoms with E-state index in [1.807, 2.05) is 24.4 Å². The van der Waals surface area contributed by atoms with E-state index in [1.54, 1.807) is 0 Å². The van der Waals surface area contributed by atoms with Gasteiger partial charge in [0.2, 0.25) is 0 Å². The number of nitrogens with zero attached hydrogens (tertiary/aromatic N) is 3. The molecule has 0 aromatic heterocycles. The Morgan fingerprint density at radius 2 is 1.88 bits per heavy atom. The number of fused-ring (bicyclic) bond motifs is 1. The van der Waals surface area contributed by atoms with E-state index < -0.39 is 0 Å². The lowest BCUT2D eigenvalue weighted by Crippen LogP contribution is -2.26. The zero-order valence-electron chi connectivity index (χ0n) is 15.0. The smallest absolute Gasteiger partial charge is 0.165 e. The maximum absolute atomic E-state index is 4.82. The monoisotopic (exact) mass is 331 g/mol. The Labute approximate surface area is 150 Å². The van der Waals surface area contributed by atoms with Crippen molar-refractivity contribution in [2.75, 3.05) is 20.6 Å². The number of hydrogen-bond donors (Lipinski definition) is 0. The van der Waals surface area contributed by atoms with Crippen molar-refractivity contribution in [1.29, 1.82) is 0 Å². The van der Waals surface area contributed by atoms with E-state index in [1.165, 1.54) is 42.5 Å². The fraction of sp³-hybridized carbons (Fsp3) is 0.364. The highest BCUT2D eigenvalue weighted by molar-refractivity contribution is 6.39. The number of rotatable bonds is 4. The van der Waals surface area contributed by atoms with Crippen LogP contribution < -0.4 is 0 Å². The van der Waals surface area contributed by atoms with Gasteiger partial charge in [0.15, 0.2) is 6.17 Å². The van der Waals surface area contributed by atoms with Crippen LogP contribution in [0.1, 0.15) is 34.8 Å². The van der Waals surface area contributed by atoms with E-state index >= 15 is 0 Å². The summed E-state index contributed by atoms with van der Waals surface area (Å²) in [5.74, 6) is 0.779. The van der Waals surface area contributed by atoms with Gasteiger partial charge in [0.25, 0.3) is 0 Å². The van der Waals surface area contributed by atoms with Crippen LogP contribution in [0.2, 0.25) is 0 Å². The maximum Gasteiger partial charge on any atom is 0.165 e. The zero-order chi connectivity index (χ0) is 17.2. The molecule has 1 heterocycles. The predicted molar refractivity (Wildman–Crippen MR) is 105 cm³/mol. The van der Waals surface area contributed by atoms with Crippen molar-refractivity contribution in [3.63, 3.8) is 0 Å². The molecule has 0 saturated heterocycles. The highest BCUT2D eigenvalue weighted by Crippen LogP contribution is 2.28. The van der Waals surface area contributed by atoms with Crippen molar-refractivity contribution in [3.05, 3.63) is 70.8 Å². The van der Waals surface area contributed by atoms with Gasteiger partial charge in [-0.25, -0.2) is 0 Å². The Balaban J connectivity index is 1.53. The van der Waals surface area contributed by atoms with Crippen molar-refractivity contribution in [2.24, 2.45) is 15.9 Å². The molecule has 0 radical (unpaired) electrons. The van der Waals surface area contributed by atoms with E-state index in [-0.39, 0.29) is 6.17 Å². The van der Waals surface area contributed by atoms with Gasteiger partial charge >= 0.3 is 0 Å². The van der Waals surface area contributed by atoms with E-state index in [0.717, 1.165) is 17.2 Å². The Morgan fingerprint density at radius 3 is 2.68 bits per heavy atom. The molecule has 2 atom stereocenters. The van der Waals surface area contributed by atoms with Crippen LogP contribution in [0.4, 0.5) is 0 Å². The first-order valence-corrected chi connectivity index (χ1v) is 9.12. The minimum Gasteiger partial charge on any atom is -0.309 e. The summed E-state index contributed by atoms with van der Waals surface area (Å²) in [7, 11) is 4.33. The first kappa shape index (κ1) is 16.2. The summed E-state index contributed by atoms with van der Waals surface area (Å²) in [6, 6.07) is 17.1. The molecule has 0 N–H and O–H groups in total. The second kappa shape index (κ2) is 6.93. The molecular formula is C22H25N3. The number of aryl methyl sites for hydroxylation is 1. The summed E-state index contributed by atoms with van der Waals surface area (Å²) < 4.78 is 0. The van der Waals surface area contributed by atoms with Crippen LogP contribution in [0.25, 0.3) is 0 Å². The van der Waals surface area contributed by atoms with Gasteiger partial charge in [-0.15, -0.1) is 0 Å². The first-order valence-electron chi connectivity index (χ1n) is 9.12. The summed E-state index contributed by atoms with van der Waals surface area (Å²) in [4.78, 5) is 11.7. The Bertz CT molecular complexity index is 805. The van der Waals surface area contributed by atoms with Crippen LogP contribution in [0.3, 0.4) is 0 Å². The third-order valence-corrected chi connectivity index (χ3v) is 5.15. The molecule has 1 aliphatic carbocycles. The third-order valence-electron chi connectivity index (χ3n) is 5.15. The van der Waals surface area contributed by atoms with Gasteiger partial charge in [-0.05, 0) is 62.0 Å². The second-order valence-electron chi connectivity index (χ2n) is 7.43. The lowest BCUT2D eigenvalue weighted by atomic mass is 9.82. The van der Waals surface area contributed by atoms with Crippen LogP contribution in [0.15, 0.2) is 58.5 Å². The standard InChI is InChI=1S/C22H25N3/c1-25(2)15-16-8-9-19-13-20(11-10-18(19)12-16)21-14-23-22(24-21)17-6-4-3-5-7-17/h3-7,10-11,13-14,16,22H,8-9,12,15H2,1-2H3. The van der Waals surface area contributed by atoms with Crippen molar-refractivity contribution in [3.8, 4) is 0 Å². The van der Waals surface area contributed by atoms with Gasteiger partial charge in [0.1, 0.15) is 0 Å². The highest BCUT2D eigenvalue weighted by atomic mass is 15.1. The Kier molecular flexibility index (Phi) is 4.50. The van der Waals surface area contributed by atoms with Gasteiger partial charge < -0.3 is 4.90 Å². The number of benzene rings is 2. The van der Waals surface area contributed by atoms with Gasteiger partial charge in [0.05, 0.1) is 11.9 Å². The molecule has 2 aromatic carbocycles. The molecular weight excluding hydrogens is 306 g/mol. The molecule has 0 spiro atoms. The van der Waals surface area contributed by atoms with Crippen molar-refractivity contribution >= 4 is 11.9 Å². The normalized spacial score (nSPS) is 22.1. The van der Waals surface area contributed by atoms with Gasteiger partial charge in [-0.1, -0.05) is 42.5 Å². The molecule has 2 unspecified atom stereocenters. The first-order chi connectivity index (χ1) is 12.2. The SMILES string of the molecule is CN(C)CC1CCc2cc(C3=NC(c4ccccc4)N=C3)ccc2C1. The topological polar surface area (TPSA) is 28.0 Å². The lowest BCUT2D eigenvalue weighted by Gasteiger charge is -2.27. The van der Waals surface area contributed by atoms with Crippen LogP contribution in [0.5, 0.6) is 0 Å². The highest BCUT2D eigenvalue weighted by Gasteiger charge is 2.21. The minimum atomic E-state index is -0.0864. The summed E-state index contributed by atoms with van der Waals surface area (Å²) in [5, 5.41) is 0. The molecule has 2 aromatic rings. The van der Waals surface area contributed by atoms with E-state index in [4.69, 9.17) is 4.99 Å². The number of hydrogen-bond acceptors (Lipinski definition) is 3. The summed E-state index contributed by atoms with van der Waals surface area (Å²) in [6.45, 7) is 1.18. The quantitative estimate of drug-likeness (QED) is 0.834. The summed E-state index contributed by atoms with van der Waals surface area (Å²) >= 11 is 0. The molecule has 1 aliphatic heterocycles. The van der Waals surface area contributed by atoms with Crippen molar-refractivity contribution in [1.82, 2.24) is 4.90 Å². The molecule has 0 saturated carbocycles. The Morgan fingerprint density at radius 1 is 1.04 bits per heavy atom. The lowest BCUT2D eigenvalue weighted by molar-refractivity contribution is 0.303. The zero-order valence-corrected chi connectivity index (χ0v) is 15.0. The third kappa shape index (κ3) is 3.57.